The number of nitriles is 1. The molecule has 0 fully saturated rings. The summed E-state index contributed by atoms with van der Waals surface area (Å²) in [6.45, 7) is 0. The zero-order valence-corrected chi connectivity index (χ0v) is 10.4. The molecule has 0 aliphatic rings. The van der Waals surface area contributed by atoms with E-state index in [1.165, 1.54) is 12.4 Å². The molecule has 18 heavy (non-hydrogen) atoms. The summed E-state index contributed by atoms with van der Waals surface area (Å²) >= 11 is 2.97. The van der Waals surface area contributed by atoms with Gasteiger partial charge in [0.2, 0.25) is 0 Å². The van der Waals surface area contributed by atoms with E-state index < -0.39 is 11.6 Å². The first-order chi connectivity index (χ1) is 8.61. The first-order valence-electron chi connectivity index (χ1n) is 4.74. The Morgan fingerprint density at radius 3 is 2.39 bits per heavy atom. The number of hydrogen-bond acceptors (Lipinski definition) is 4. The third-order valence-electron chi connectivity index (χ3n) is 2.05. The van der Waals surface area contributed by atoms with Crippen molar-refractivity contribution < 1.29 is 8.78 Å². The van der Waals surface area contributed by atoms with E-state index >= 15 is 0 Å². The molecular weight excluding hydrogens is 306 g/mol. The summed E-state index contributed by atoms with van der Waals surface area (Å²) < 4.78 is 27.4. The van der Waals surface area contributed by atoms with E-state index in [4.69, 9.17) is 5.26 Å². The number of nitrogens with one attached hydrogen (secondary N) is 1. The van der Waals surface area contributed by atoms with Crippen LogP contribution in [0.1, 0.15) is 5.69 Å². The average molecular weight is 311 g/mol. The Balaban J connectivity index is 2.44. The zero-order chi connectivity index (χ0) is 13.1. The number of rotatable bonds is 2. The van der Waals surface area contributed by atoms with Gasteiger partial charge in [0.05, 0.1) is 0 Å². The molecule has 0 radical (unpaired) electrons. The maximum absolute atomic E-state index is 13.6. The largest absolute Gasteiger partial charge is 0.333 e. The fourth-order valence-corrected chi connectivity index (χ4v) is 1.69. The Bertz CT molecular complexity index is 616. The fraction of sp³-hybridized carbons (Fsp3) is 0. The molecule has 7 heteroatoms. The number of hydrogen-bond donors (Lipinski definition) is 1. The monoisotopic (exact) mass is 310 g/mol. The van der Waals surface area contributed by atoms with E-state index in [1.807, 2.05) is 0 Å². The van der Waals surface area contributed by atoms with Crippen molar-refractivity contribution in [2.24, 2.45) is 0 Å². The Morgan fingerprint density at radius 2 is 1.78 bits per heavy atom. The molecule has 0 unspecified atom stereocenters. The van der Waals surface area contributed by atoms with Crippen LogP contribution in [0.5, 0.6) is 0 Å². The van der Waals surface area contributed by atoms with Gasteiger partial charge in [0.1, 0.15) is 11.8 Å². The van der Waals surface area contributed by atoms with Crippen molar-refractivity contribution in [3.8, 4) is 6.07 Å². The molecule has 0 saturated heterocycles. The summed E-state index contributed by atoms with van der Waals surface area (Å²) in [4.78, 5) is 7.54. The third-order valence-corrected chi connectivity index (χ3v) is 2.51. The van der Waals surface area contributed by atoms with Crippen LogP contribution < -0.4 is 5.32 Å². The lowest BCUT2D eigenvalue weighted by Gasteiger charge is -2.08. The highest BCUT2D eigenvalue weighted by atomic mass is 79.9. The van der Waals surface area contributed by atoms with Gasteiger partial charge in [0.15, 0.2) is 23.1 Å². The first-order valence-corrected chi connectivity index (χ1v) is 5.54. The van der Waals surface area contributed by atoms with Crippen LogP contribution in [0.15, 0.2) is 29.0 Å². The number of nitrogens with zero attached hydrogens (tertiary/aromatic N) is 3. The highest BCUT2D eigenvalue weighted by Gasteiger charge is 2.13. The topological polar surface area (TPSA) is 61.6 Å². The Labute approximate surface area is 109 Å². The van der Waals surface area contributed by atoms with Crippen LogP contribution in [0, 0.1) is 23.0 Å². The maximum Gasteiger partial charge on any atom is 0.183 e. The summed E-state index contributed by atoms with van der Waals surface area (Å²) in [5.41, 5.74) is -0.422. The summed E-state index contributed by atoms with van der Waals surface area (Å²) in [5, 5.41) is 11.2. The highest BCUT2D eigenvalue weighted by molar-refractivity contribution is 9.10. The van der Waals surface area contributed by atoms with Gasteiger partial charge in [-0.1, -0.05) is 15.9 Å². The van der Waals surface area contributed by atoms with E-state index in [9.17, 15) is 8.78 Å². The molecule has 0 aliphatic carbocycles. The molecule has 0 bridgehead atoms. The van der Waals surface area contributed by atoms with Crippen molar-refractivity contribution >= 4 is 27.4 Å². The summed E-state index contributed by atoms with van der Waals surface area (Å²) in [7, 11) is 0. The molecule has 0 aliphatic heterocycles. The molecule has 1 heterocycles. The van der Waals surface area contributed by atoms with Crippen LogP contribution in [-0.2, 0) is 0 Å². The van der Waals surface area contributed by atoms with E-state index in [-0.39, 0.29) is 21.7 Å². The predicted octanol–water partition coefficient (Wildman–Crippen LogP) is 3.13. The van der Waals surface area contributed by atoms with Gasteiger partial charge in [0.25, 0.3) is 0 Å². The second kappa shape index (κ2) is 5.06. The number of anilines is 2. The minimum absolute atomic E-state index is 0.000113. The van der Waals surface area contributed by atoms with Gasteiger partial charge in [-0.15, -0.1) is 0 Å². The minimum Gasteiger partial charge on any atom is -0.333 e. The van der Waals surface area contributed by atoms with Gasteiger partial charge in [-0.3, -0.25) is 0 Å². The zero-order valence-electron chi connectivity index (χ0n) is 8.78. The number of benzene rings is 1. The average Bonchev–Trinajstić information content (AvgIpc) is 2.34. The van der Waals surface area contributed by atoms with Crippen molar-refractivity contribution in [3.63, 3.8) is 0 Å². The Hall–Kier alpha value is -2.07. The minimum atomic E-state index is -0.795. The van der Waals surface area contributed by atoms with Crippen LogP contribution in [0.2, 0.25) is 0 Å². The molecular formula is C11H5BrF2N4. The van der Waals surface area contributed by atoms with Crippen LogP contribution in [0.3, 0.4) is 0 Å². The molecule has 2 aromatic rings. The number of aromatic nitrogens is 2. The smallest absolute Gasteiger partial charge is 0.183 e. The third kappa shape index (κ3) is 2.43. The molecule has 2 rings (SSSR count). The van der Waals surface area contributed by atoms with Crippen LogP contribution in [0.4, 0.5) is 20.3 Å². The van der Waals surface area contributed by atoms with Crippen molar-refractivity contribution in [3.05, 3.63) is 46.3 Å². The van der Waals surface area contributed by atoms with Crippen LogP contribution >= 0.6 is 15.9 Å². The maximum atomic E-state index is 13.6. The molecule has 0 amide bonds. The molecule has 0 atom stereocenters. The summed E-state index contributed by atoms with van der Waals surface area (Å²) in [6.07, 6.45) is 2.63. The standard InChI is InChI=1S/C11H5BrF2N4/c12-6-3-7(13)10(8(14)4-6)18-11-9(5-15)16-1-2-17-11/h1-4H,(H,17,18). The quantitative estimate of drug-likeness (QED) is 0.925. The second-order valence-corrected chi connectivity index (χ2v) is 4.15. The Kier molecular flexibility index (Phi) is 3.48. The molecule has 4 nitrogen and oxygen atoms in total. The van der Waals surface area contributed by atoms with Crippen molar-refractivity contribution in [2.45, 2.75) is 0 Å². The van der Waals surface area contributed by atoms with E-state index in [2.05, 4.69) is 31.2 Å². The normalized spacial score (nSPS) is 9.89. The molecule has 1 aromatic carbocycles. The van der Waals surface area contributed by atoms with Gasteiger partial charge in [-0.05, 0) is 12.1 Å². The second-order valence-electron chi connectivity index (χ2n) is 3.23. The predicted molar refractivity (Wildman–Crippen MR) is 64.1 cm³/mol. The van der Waals surface area contributed by atoms with Crippen LogP contribution in [0.25, 0.3) is 0 Å². The summed E-state index contributed by atoms with van der Waals surface area (Å²) in [5.74, 6) is -1.59. The fourth-order valence-electron chi connectivity index (χ4n) is 1.29. The van der Waals surface area contributed by atoms with Gasteiger partial charge in [-0.2, -0.15) is 5.26 Å². The molecule has 1 aromatic heterocycles. The van der Waals surface area contributed by atoms with Gasteiger partial charge in [-0.25, -0.2) is 18.7 Å². The van der Waals surface area contributed by atoms with Crippen molar-refractivity contribution in [1.82, 2.24) is 9.97 Å². The number of halogens is 3. The lowest BCUT2D eigenvalue weighted by molar-refractivity contribution is 0.589. The van der Waals surface area contributed by atoms with E-state index in [1.54, 1.807) is 6.07 Å². The first kappa shape index (κ1) is 12.4. The van der Waals surface area contributed by atoms with E-state index in [0.717, 1.165) is 12.1 Å². The molecule has 90 valence electrons. The Morgan fingerprint density at radius 1 is 1.17 bits per heavy atom. The molecule has 1 N–H and O–H groups in total. The van der Waals surface area contributed by atoms with Gasteiger partial charge in [0, 0.05) is 16.9 Å². The molecule has 0 spiro atoms. The molecule has 0 saturated carbocycles. The SMILES string of the molecule is N#Cc1nccnc1Nc1c(F)cc(Br)cc1F. The van der Waals surface area contributed by atoms with Crippen molar-refractivity contribution in [1.29, 1.82) is 5.26 Å². The highest BCUT2D eigenvalue weighted by Crippen LogP contribution is 2.26. The summed E-state index contributed by atoms with van der Waals surface area (Å²) in [6, 6.07) is 3.99. The lowest BCUT2D eigenvalue weighted by Crippen LogP contribution is -2.02. The van der Waals surface area contributed by atoms with Crippen LogP contribution in [-0.4, -0.2) is 9.97 Å². The van der Waals surface area contributed by atoms with Crippen molar-refractivity contribution in [2.75, 3.05) is 5.32 Å². The van der Waals surface area contributed by atoms with E-state index in [0.29, 0.717) is 0 Å². The lowest BCUT2D eigenvalue weighted by atomic mass is 10.3. The van der Waals surface area contributed by atoms with Gasteiger partial charge >= 0.3 is 0 Å². The van der Waals surface area contributed by atoms with Gasteiger partial charge < -0.3 is 5.32 Å².